The third kappa shape index (κ3) is 5.72. The average molecular weight is 428 g/mol. The summed E-state index contributed by atoms with van der Waals surface area (Å²) >= 11 is 5.97. The lowest BCUT2D eigenvalue weighted by Crippen LogP contribution is -2.50. The number of nitrogens with zero attached hydrogens (tertiary/aromatic N) is 5. The summed E-state index contributed by atoms with van der Waals surface area (Å²) in [5, 5.41) is 0.784. The molecule has 0 atom stereocenters. The molecule has 0 aliphatic carbocycles. The topological polar surface area (TPSA) is 42.9 Å². The highest BCUT2D eigenvalue weighted by molar-refractivity contribution is 6.30. The number of carbonyl (C=O) groups excluding carboxylic acids is 1. The first-order chi connectivity index (χ1) is 14.7. The van der Waals surface area contributed by atoms with Gasteiger partial charge in [-0.25, -0.2) is 4.98 Å². The first-order valence-electron chi connectivity index (χ1n) is 10.8. The molecule has 2 fully saturated rings. The summed E-state index contributed by atoms with van der Waals surface area (Å²) in [6, 6.07) is 14.1. The number of aromatic nitrogens is 1. The molecule has 1 aromatic carbocycles. The number of carbonyl (C=O) groups is 1. The second kappa shape index (κ2) is 10.2. The molecule has 1 aromatic heterocycles. The number of pyridine rings is 1. The fourth-order valence-electron chi connectivity index (χ4n) is 4.16. The predicted molar refractivity (Wildman–Crippen MR) is 121 cm³/mol. The van der Waals surface area contributed by atoms with Crippen LogP contribution in [0, 0.1) is 0 Å². The van der Waals surface area contributed by atoms with E-state index in [2.05, 4.69) is 31.8 Å². The predicted octanol–water partition coefficient (Wildman–Crippen LogP) is 2.59. The summed E-state index contributed by atoms with van der Waals surface area (Å²) < 4.78 is 0. The van der Waals surface area contributed by atoms with Crippen molar-refractivity contribution in [3.8, 4) is 0 Å². The van der Waals surface area contributed by atoms with Crippen molar-refractivity contribution in [2.45, 2.75) is 13.0 Å². The molecule has 30 heavy (non-hydrogen) atoms. The number of amides is 1. The molecule has 0 N–H and O–H groups in total. The van der Waals surface area contributed by atoms with Crippen molar-refractivity contribution < 1.29 is 4.79 Å². The summed E-state index contributed by atoms with van der Waals surface area (Å²) in [5.74, 6) is 1.28. The van der Waals surface area contributed by atoms with Gasteiger partial charge in [-0.2, -0.15) is 0 Å². The highest BCUT2D eigenvalue weighted by atomic mass is 35.5. The Hall–Kier alpha value is -2.15. The molecule has 2 aromatic rings. The van der Waals surface area contributed by atoms with Crippen LogP contribution in [0.3, 0.4) is 0 Å². The van der Waals surface area contributed by atoms with Gasteiger partial charge in [-0.1, -0.05) is 29.8 Å². The van der Waals surface area contributed by atoms with Crippen molar-refractivity contribution in [1.82, 2.24) is 19.7 Å². The van der Waals surface area contributed by atoms with E-state index < -0.39 is 0 Å². The Bertz CT molecular complexity index is 800. The molecule has 4 rings (SSSR count). The maximum atomic E-state index is 12.7. The molecule has 0 unspecified atom stereocenters. The monoisotopic (exact) mass is 427 g/mol. The Labute approximate surface area is 184 Å². The Morgan fingerprint density at radius 3 is 2.23 bits per heavy atom. The molecule has 2 aliphatic heterocycles. The lowest BCUT2D eigenvalue weighted by atomic mass is 10.2. The van der Waals surface area contributed by atoms with Gasteiger partial charge in [-0.3, -0.25) is 9.69 Å². The zero-order chi connectivity index (χ0) is 20.8. The first-order valence-corrected chi connectivity index (χ1v) is 11.2. The van der Waals surface area contributed by atoms with E-state index in [0.29, 0.717) is 6.42 Å². The molecule has 3 heterocycles. The van der Waals surface area contributed by atoms with E-state index in [1.54, 1.807) is 0 Å². The largest absolute Gasteiger partial charge is 0.353 e. The summed E-state index contributed by atoms with van der Waals surface area (Å²) in [4.78, 5) is 26.2. The van der Waals surface area contributed by atoms with Gasteiger partial charge in [-0.15, -0.1) is 0 Å². The molecule has 1 amide bonds. The smallest absolute Gasteiger partial charge is 0.223 e. The highest BCUT2D eigenvalue weighted by Gasteiger charge is 2.23. The van der Waals surface area contributed by atoms with E-state index in [1.165, 1.54) is 5.56 Å². The van der Waals surface area contributed by atoms with E-state index in [0.717, 1.165) is 76.3 Å². The van der Waals surface area contributed by atoms with Gasteiger partial charge in [0.15, 0.2) is 0 Å². The Kier molecular flexibility index (Phi) is 7.20. The van der Waals surface area contributed by atoms with E-state index >= 15 is 0 Å². The summed E-state index contributed by atoms with van der Waals surface area (Å²) in [7, 11) is 0. The SMILES string of the molecule is O=C(CCN1CCN(Cc2ccc(Cl)cc2)CC1)N1CCN(c2ccccn2)CC1. The van der Waals surface area contributed by atoms with Crippen molar-refractivity contribution in [1.29, 1.82) is 0 Å². The lowest BCUT2D eigenvalue weighted by Gasteiger charge is -2.37. The third-order valence-electron chi connectivity index (χ3n) is 6.03. The Morgan fingerprint density at radius 2 is 1.57 bits per heavy atom. The van der Waals surface area contributed by atoms with E-state index in [1.807, 2.05) is 41.4 Å². The minimum atomic E-state index is 0.277. The van der Waals surface area contributed by atoms with Crippen LogP contribution >= 0.6 is 11.6 Å². The fraction of sp³-hybridized carbons (Fsp3) is 0.478. The average Bonchev–Trinajstić information content (AvgIpc) is 2.80. The van der Waals surface area contributed by atoms with Crippen LogP contribution < -0.4 is 4.90 Å². The summed E-state index contributed by atoms with van der Waals surface area (Å²) in [6.45, 7) is 9.22. The number of benzene rings is 1. The standard InChI is InChI=1S/C23H30ClN5O/c24-21-6-4-20(5-7-21)19-27-13-11-26(12-14-27)10-8-23(30)29-17-15-28(16-18-29)22-3-1-2-9-25-22/h1-7,9H,8,10-19H2. The number of hydrogen-bond donors (Lipinski definition) is 0. The first kappa shape index (κ1) is 21.1. The quantitative estimate of drug-likeness (QED) is 0.708. The van der Waals surface area contributed by atoms with Gasteiger partial charge >= 0.3 is 0 Å². The zero-order valence-corrected chi connectivity index (χ0v) is 18.2. The van der Waals surface area contributed by atoms with Crippen LogP contribution in [0.15, 0.2) is 48.7 Å². The van der Waals surface area contributed by atoms with E-state index in [-0.39, 0.29) is 5.91 Å². The molecule has 7 heteroatoms. The molecule has 0 spiro atoms. The molecule has 0 saturated carbocycles. The molecular weight excluding hydrogens is 398 g/mol. The van der Waals surface area contributed by atoms with Gasteiger partial charge in [0.25, 0.3) is 0 Å². The van der Waals surface area contributed by atoms with Crippen LogP contribution in [0.5, 0.6) is 0 Å². The maximum Gasteiger partial charge on any atom is 0.223 e. The number of rotatable bonds is 6. The van der Waals surface area contributed by atoms with Crippen molar-refractivity contribution in [2.75, 3.05) is 63.8 Å². The minimum Gasteiger partial charge on any atom is -0.353 e. The van der Waals surface area contributed by atoms with Crippen LogP contribution in [-0.2, 0) is 11.3 Å². The highest BCUT2D eigenvalue weighted by Crippen LogP contribution is 2.15. The van der Waals surface area contributed by atoms with Gasteiger partial charge in [0.05, 0.1) is 0 Å². The van der Waals surface area contributed by atoms with Crippen LogP contribution in [0.2, 0.25) is 5.02 Å². The maximum absolute atomic E-state index is 12.7. The van der Waals surface area contributed by atoms with Gasteiger partial charge in [-0.05, 0) is 29.8 Å². The second-order valence-electron chi connectivity index (χ2n) is 8.05. The van der Waals surface area contributed by atoms with Gasteiger partial charge in [0, 0.05) is 83.1 Å². The Balaban J connectivity index is 1.14. The normalized spacial score (nSPS) is 18.6. The van der Waals surface area contributed by atoms with Crippen molar-refractivity contribution in [2.24, 2.45) is 0 Å². The number of anilines is 1. The van der Waals surface area contributed by atoms with Gasteiger partial charge in [0.1, 0.15) is 5.82 Å². The zero-order valence-electron chi connectivity index (χ0n) is 17.4. The molecule has 2 saturated heterocycles. The molecule has 160 valence electrons. The summed E-state index contributed by atoms with van der Waals surface area (Å²) in [5.41, 5.74) is 1.30. The van der Waals surface area contributed by atoms with Crippen LogP contribution in [0.1, 0.15) is 12.0 Å². The molecule has 6 nitrogen and oxygen atoms in total. The number of halogens is 1. The van der Waals surface area contributed by atoms with Gasteiger partial charge < -0.3 is 14.7 Å². The second-order valence-corrected chi connectivity index (χ2v) is 8.49. The molecular formula is C23H30ClN5O. The van der Waals surface area contributed by atoms with Crippen LogP contribution in [0.25, 0.3) is 0 Å². The molecule has 0 bridgehead atoms. The third-order valence-corrected chi connectivity index (χ3v) is 6.28. The molecule has 0 radical (unpaired) electrons. The lowest BCUT2D eigenvalue weighted by molar-refractivity contribution is -0.131. The fourth-order valence-corrected chi connectivity index (χ4v) is 4.28. The minimum absolute atomic E-state index is 0.277. The summed E-state index contributed by atoms with van der Waals surface area (Å²) in [6.07, 6.45) is 2.43. The van der Waals surface area contributed by atoms with Crippen molar-refractivity contribution >= 4 is 23.3 Å². The van der Waals surface area contributed by atoms with Gasteiger partial charge in [0.2, 0.25) is 5.91 Å². The van der Waals surface area contributed by atoms with E-state index in [4.69, 9.17) is 11.6 Å². The van der Waals surface area contributed by atoms with Crippen molar-refractivity contribution in [3.05, 3.63) is 59.2 Å². The van der Waals surface area contributed by atoms with Crippen molar-refractivity contribution in [3.63, 3.8) is 0 Å². The van der Waals surface area contributed by atoms with Crippen LogP contribution in [0.4, 0.5) is 5.82 Å². The Morgan fingerprint density at radius 1 is 0.867 bits per heavy atom. The number of hydrogen-bond acceptors (Lipinski definition) is 5. The van der Waals surface area contributed by atoms with Crippen LogP contribution in [-0.4, -0.2) is 84.5 Å². The van der Waals surface area contributed by atoms with E-state index in [9.17, 15) is 4.79 Å². The molecule has 2 aliphatic rings. The number of piperazine rings is 2.